The number of nitrogens with zero attached hydrogens (tertiary/aromatic N) is 3. The number of hydrogen-bond acceptors (Lipinski definition) is 1. The number of aromatic nitrogens is 2. The molecular weight excluding hydrogens is 832 g/mol. The van der Waals surface area contributed by atoms with Crippen LogP contribution in [0.2, 0.25) is 0 Å². The summed E-state index contributed by atoms with van der Waals surface area (Å²) in [5.41, 5.74) is 12.6. The Kier molecular flexibility index (Phi) is 14.1. The number of para-hydroxylation sites is 2. The van der Waals surface area contributed by atoms with Crippen molar-refractivity contribution in [1.82, 2.24) is 9.13 Å². The largest absolute Gasteiger partial charge is 0.416 e. The summed E-state index contributed by atoms with van der Waals surface area (Å²) in [6.45, 7) is 23.5. The molecule has 3 nitrogen and oxygen atoms in total. The van der Waals surface area contributed by atoms with E-state index >= 15 is 0 Å². The summed E-state index contributed by atoms with van der Waals surface area (Å²) >= 11 is 0. The van der Waals surface area contributed by atoms with Gasteiger partial charge >= 0.3 is 6.18 Å². The molecule has 0 amide bonds. The van der Waals surface area contributed by atoms with E-state index in [4.69, 9.17) is 0 Å². The molecule has 0 bridgehead atoms. The normalized spacial score (nSPS) is 11.4. The number of hydrogen-bond donors (Lipinski definition) is 0. The average molecular weight is 886 g/mol. The minimum atomic E-state index is -4.56. The van der Waals surface area contributed by atoms with E-state index in [-0.39, 0.29) is 5.56 Å². The van der Waals surface area contributed by atoms with E-state index < -0.39 is 11.7 Å². The second-order valence-electron chi connectivity index (χ2n) is 16.9. The zero-order valence-electron chi connectivity index (χ0n) is 39.0. The van der Waals surface area contributed by atoms with Crippen LogP contribution in [0.5, 0.6) is 0 Å². The number of halogens is 3. The summed E-state index contributed by atoms with van der Waals surface area (Å²) in [6, 6.07) is 48.9. The van der Waals surface area contributed by atoms with Crippen LogP contribution in [0.25, 0.3) is 82.8 Å². The predicted octanol–water partition coefficient (Wildman–Crippen LogP) is 18.1. The van der Waals surface area contributed by atoms with Crippen molar-refractivity contribution in [3.63, 3.8) is 0 Å². The van der Waals surface area contributed by atoms with Crippen LogP contribution in [0.15, 0.2) is 201 Å². The molecule has 6 heteroatoms. The minimum Gasteiger partial charge on any atom is -0.307 e. The number of aryl methyl sites for hydroxylation is 1. The highest BCUT2D eigenvalue weighted by Gasteiger charge is 2.31. The van der Waals surface area contributed by atoms with Gasteiger partial charge in [-0.05, 0) is 104 Å². The summed E-state index contributed by atoms with van der Waals surface area (Å²) in [4.78, 5) is 0. The third kappa shape index (κ3) is 9.74. The predicted molar refractivity (Wildman–Crippen MR) is 279 cm³/mol. The van der Waals surface area contributed by atoms with E-state index in [9.17, 15) is 18.4 Å². The lowest BCUT2D eigenvalue weighted by Crippen LogP contribution is -2.07. The van der Waals surface area contributed by atoms with Crippen LogP contribution in [0.1, 0.15) is 63.3 Å². The van der Waals surface area contributed by atoms with E-state index in [2.05, 4.69) is 153 Å². The Balaban J connectivity index is 0.000000773. The molecule has 0 unspecified atom stereocenters. The fraction of sp³-hybridized carbons (Fsp3) is 0.131. The minimum absolute atomic E-state index is 0.253. The Morgan fingerprint density at radius 1 is 0.597 bits per heavy atom. The summed E-state index contributed by atoms with van der Waals surface area (Å²) in [5.74, 6) is 0. The first-order valence-electron chi connectivity index (χ1n) is 22.4. The number of nitriles is 1. The molecule has 0 aliphatic heterocycles. The summed E-state index contributed by atoms with van der Waals surface area (Å²) < 4.78 is 46.9. The van der Waals surface area contributed by atoms with E-state index in [1.165, 1.54) is 18.1 Å². The molecule has 0 saturated heterocycles. The molecular formula is C61H54F3N3. The molecule has 0 aliphatic rings. The zero-order valence-corrected chi connectivity index (χ0v) is 39.0. The Bertz CT molecular complexity index is 3430. The molecule has 0 spiro atoms. The van der Waals surface area contributed by atoms with Crippen LogP contribution in [-0.4, -0.2) is 9.13 Å². The van der Waals surface area contributed by atoms with Crippen LogP contribution < -0.4 is 0 Å². The van der Waals surface area contributed by atoms with Gasteiger partial charge in [-0.25, -0.2) is 0 Å². The average Bonchev–Trinajstić information content (AvgIpc) is 3.83. The lowest BCUT2D eigenvalue weighted by molar-refractivity contribution is -0.137. The van der Waals surface area contributed by atoms with E-state index in [0.717, 1.165) is 89.2 Å². The lowest BCUT2D eigenvalue weighted by atomic mass is 9.96. The smallest absolute Gasteiger partial charge is 0.307 e. The molecule has 0 N–H and O–H groups in total. The van der Waals surface area contributed by atoms with Crippen LogP contribution in [-0.2, 0) is 6.18 Å². The summed E-state index contributed by atoms with van der Waals surface area (Å²) in [6.07, 6.45) is 4.37. The Morgan fingerprint density at radius 2 is 1.13 bits per heavy atom. The van der Waals surface area contributed by atoms with Crippen molar-refractivity contribution in [2.75, 3.05) is 0 Å². The van der Waals surface area contributed by atoms with Gasteiger partial charge in [-0.3, -0.25) is 0 Å². The molecule has 0 atom stereocenters. The van der Waals surface area contributed by atoms with Crippen LogP contribution in [0, 0.1) is 18.3 Å². The Labute approximate surface area is 392 Å². The van der Waals surface area contributed by atoms with Crippen LogP contribution >= 0.6 is 0 Å². The topological polar surface area (TPSA) is 33.6 Å². The number of rotatable bonds is 8. The maximum Gasteiger partial charge on any atom is 0.416 e. The van der Waals surface area contributed by atoms with Gasteiger partial charge < -0.3 is 9.13 Å². The maximum absolute atomic E-state index is 14.2. The van der Waals surface area contributed by atoms with Gasteiger partial charge in [0, 0.05) is 27.1 Å². The molecule has 2 heterocycles. The molecule has 2 aromatic heterocycles. The summed E-state index contributed by atoms with van der Waals surface area (Å²) in [7, 11) is 0. The van der Waals surface area contributed by atoms with E-state index in [1.807, 2.05) is 63.2 Å². The van der Waals surface area contributed by atoms with Gasteiger partial charge in [0.05, 0.1) is 50.6 Å². The number of fused-ring (bicyclic) bond motifs is 6. The highest BCUT2D eigenvalue weighted by atomic mass is 19.4. The second-order valence-corrected chi connectivity index (χ2v) is 16.9. The molecule has 334 valence electrons. The molecule has 67 heavy (non-hydrogen) atoms. The van der Waals surface area contributed by atoms with Gasteiger partial charge in [0.25, 0.3) is 0 Å². The second kappa shape index (κ2) is 20.1. The van der Waals surface area contributed by atoms with Crippen LogP contribution in [0.4, 0.5) is 13.2 Å². The first-order valence-corrected chi connectivity index (χ1v) is 22.4. The number of allylic oxidation sites excluding steroid dienone is 7. The number of alkyl halides is 3. The Morgan fingerprint density at radius 3 is 1.69 bits per heavy atom. The molecule has 0 saturated carbocycles. The molecule has 0 aliphatic carbocycles. The van der Waals surface area contributed by atoms with Crippen molar-refractivity contribution >= 4 is 49.2 Å². The van der Waals surface area contributed by atoms with Crippen LogP contribution in [0.3, 0.4) is 0 Å². The number of benzene rings is 7. The SMILES string of the molecule is C=C/C(=C\C=C(C)C)c1ccc2c3ccccc3n(-c3cc(-c4cccc(C(F)(F)F)c4)c(C#N)cc3-n3c4ccccc4c4ccc(-c5ccc(C)cc5)cc43)c2c1.C=CC(=C)C.CCC. The van der Waals surface area contributed by atoms with Crippen molar-refractivity contribution in [1.29, 1.82) is 5.26 Å². The highest BCUT2D eigenvalue weighted by Crippen LogP contribution is 2.43. The molecule has 9 rings (SSSR count). The fourth-order valence-corrected chi connectivity index (χ4v) is 8.23. The summed E-state index contributed by atoms with van der Waals surface area (Å²) in [5, 5.41) is 14.9. The standard InChI is InChI=1S/C53H38F3N3.C5H8.C3H8/c1-5-35(20-17-33(2)3)37-23-25-44-43-14-7-9-16-48(43)59(49(44)28-37)52-31-46(39-11-10-12-41(27-39)53(54,55)56)40(32-57)30-51(52)58-47-15-8-6-13-42(47)45-26-24-38(29-50(45)58)36-21-18-34(4)19-22-36;1-4-5(2)3;1-3-2/h5-31H,1H2,2-4H3;4H,1-2H2,3H3;3H2,1-2H3/b35-20+;;. The van der Waals surface area contributed by atoms with Gasteiger partial charge in [0.2, 0.25) is 0 Å². The van der Waals surface area contributed by atoms with Crippen molar-refractivity contribution in [2.45, 2.75) is 54.1 Å². The third-order valence-corrected chi connectivity index (χ3v) is 11.4. The quantitative estimate of drug-likeness (QED) is 0.140. The third-order valence-electron chi connectivity index (χ3n) is 11.4. The van der Waals surface area contributed by atoms with Gasteiger partial charge in [-0.2, -0.15) is 18.4 Å². The fourth-order valence-electron chi connectivity index (χ4n) is 8.23. The molecule has 0 fully saturated rings. The zero-order chi connectivity index (χ0) is 48.0. The van der Waals surface area contributed by atoms with Gasteiger partial charge in [0.15, 0.2) is 0 Å². The Hall–Kier alpha value is -7.88. The van der Waals surface area contributed by atoms with E-state index in [0.29, 0.717) is 22.5 Å². The van der Waals surface area contributed by atoms with Gasteiger partial charge in [-0.15, -0.1) is 0 Å². The first kappa shape index (κ1) is 47.1. The highest BCUT2D eigenvalue weighted by molar-refractivity contribution is 6.12. The van der Waals surface area contributed by atoms with Crippen molar-refractivity contribution in [3.05, 3.63) is 223 Å². The first-order chi connectivity index (χ1) is 32.2. The molecule has 7 aromatic carbocycles. The van der Waals surface area contributed by atoms with Crippen molar-refractivity contribution in [2.24, 2.45) is 0 Å². The molecule has 0 radical (unpaired) electrons. The van der Waals surface area contributed by atoms with Gasteiger partial charge in [-0.1, -0.05) is 178 Å². The maximum atomic E-state index is 14.2. The van der Waals surface area contributed by atoms with Crippen molar-refractivity contribution in [3.8, 4) is 39.7 Å². The van der Waals surface area contributed by atoms with Crippen molar-refractivity contribution < 1.29 is 13.2 Å². The lowest BCUT2D eigenvalue weighted by Gasteiger charge is -2.20. The monoisotopic (exact) mass is 885 g/mol. The molecule has 9 aromatic rings. The van der Waals surface area contributed by atoms with Gasteiger partial charge in [0.1, 0.15) is 0 Å². The van der Waals surface area contributed by atoms with E-state index in [1.54, 1.807) is 12.1 Å².